The molecule has 0 aliphatic rings. The highest BCUT2D eigenvalue weighted by Gasteiger charge is 2.38. The van der Waals surface area contributed by atoms with Gasteiger partial charge in [0.1, 0.15) is 0 Å². The van der Waals surface area contributed by atoms with Crippen molar-refractivity contribution in [2.24, 2.45) is 0 Å². The standard InChI is InChI=1S/C7H13F3N2O/c1-2-3-4-5-11-12-6(13)7(8,9)10/h11H,2-5H2,1H3,(H,12,13). The third-order valence-electron chi connectivity index (χ3n) is 1.36. The average molecular weight is 198 g/mol. The molecule has 1 amide bonds. The van der Waals surface area contributed by atoms with E-state index in [2.05, 4.69) is 5.43 Å². The predicted molar refractivity (Wildman–Crippen MR) is 41.7 cm³/mol. The van der Waals surface area contributed by atoms with Gasteiger partial charge < -0.3 is 0 Å². The van der Waals surface area contributed by atoms with Crippen molar-refractivity contribution in [3.05, 3.63) is 0 Å². The van der Waals surface area contributed by atoms with Crippen molar-refractivity contribution < 1.29 is 18.0 Å². The predicted octanol–water partition coefficient (Wildman–Crippen LogP) is 1.36. The number of halogens is 3. The molecule has 2 N–H and O–H groups in total. The first-order chi connectivity index (χ1) is 5.98. The largest absolute Gasteiger partial charge is 0.472 e. The number of hydrogen-bond donors (Lipinski definition) is 2. The highest BCUT2D eigenvalue weighted by molar-refractivity contribution is 5.81. The highest BCUT2D eigenvalue weighted by Crippen LogP contribution is 2.13. The van der Waals surface area contributed by atoms with Crippen LogP contribution in [0.5, 0.6) is 0 Å². The zero-order chi connectivity index (χ0) is 10.3. The summed E-state index contributed by atoms with van der Waals surface area (Å²) in [6.07, 6.45) is -2.16. The maximum atomic E-state index is 11.6. The van der Waals surface area contributed by atoms with E-state index in [1.54, 1.807) is 5.43 Å². The molecule has 0 aromatic carbocycles. The number of hydrazine groups is 1. The van der Waals surface area contributed by atoms with Crippen LogP contribution < -0.4 is 10.9 Å². The zero-order valence-corrected chi connectivity index (χ0v) is 7.37. The molecule has 3 nitrogen and oxygen atoms in total. The van der Waals surface area contributed by atoms with Crippen LogP contribution in [-0.2, 0) is 4.79 Å². The third-order valence-corrected chi connectivity index (χ3v) is 1.36. The summed E-state index contributed by atoms with van der Waals surface area (Å²) in [7, 11) is 0. The van der Waals surface area contributed by atoms with Crippen LogP contribution in [0.2, 0.25) is 0 Å². The van der Waals surface area contributed by atoms with Gasteiger partial charge in [0, 0.05) is 6.54 Å². The Balaban J connectivity index is 3.38. The molecule has 0 aromatic heterocycles. The SMILES string of the molecule is CCCCCNNC(=O)C(F)(F)F. The van der Waals surface area contributed by atoms with Crippen LogP contribution >= 0.6 is 0 Å². The van der Waals surface area contributed by atoms with Crippen LogP contribution in [0.25, 0.3) is 0 Å². The average Bonchev–Trinajstić information content (AvgIpc) is 2.02. The van der Waals surface area contributed by atoms with E-state index in [-0.39, 0.29) is 0 Å². The second-order valence-electron chi connectivity index (χ2n) is 2.59. The molecule has 0 saturated heterocycles. The summed E-state index contributed by atoms with van der Waals surface area (Å²) in [6.45, 7) is 2.34. The highest BCUT2D eigenvalue weighted by atomic mass is 19.4. The molecule has 0 fully saturated rings. The molecule has 0 heterocycles. The van der Waals surface area contributed by atoms with Gasteiger partial charge in [-0.3, -0.25) is 10.2 Å². The number of carbonyl (C=O) groups excluding carboxylic acids is 1. The molecular formula is C7H13F3N2O. The third kappa shape index (κ3) is 6.39. The van der Waals surface area contributed by atoms with E-state index in [9.17, 15) is 18.0 Å². The van der Waals surface area contributed by atoms with Crippen molar-refractivity contribution in [2.45, 2.75) is 32.4 Å². The monoisotopic (exact) mass is 198 g/mol. The molecule has 0 atom stereocenters. The quantitative estimate of drug-likeness (QED) is 0.517. The van der Waals surface area contributed by atoms with Crippen LogP contribution in [0.15, 0.2) is 0 Å². The molecule has 0 aliphatic heterocycles. The van der Waals surface area contributed by atoms with Crippen LogP contribution in [-0.4, -0.2) is 18.6 Å². The van der Waals surface area contributed by atoms with Gasteiger partial charge in [-0.25, -0.2) is 5.43 Å². The smallest absolute Gasteiger partial charge is 0.284 e. The molecule has 0 aromatic rings. The molecule has 0 rings (SSSR count). The van der Waals surface area contributed by atoms with E-state index in [4.69, 9.17) is 0 Å². The molecule has 0 radical (unpaired) electrons. The summed E-state index contributed by atoms with van der Waals surface area (Å²) < 4.78 is 34.7. The Labute approximate surface area is 74.7 Å². The number of carbonyl (C=O) groups is 1. The van der Waals surface area contributed by atoms with E-state index in [1.807, 2.05) is 6.92 Å². The van der Waals surface area contributed by atoms with Crippen LogP contribution in [0, 0.1) is 0 Å². The van der Waals surface area contributed by atoms with Gasteiger partial charge >= 0.3 is 12.1 Å². The van der Waals surface area contributed by atoms with Gasteiger partial charge in [-0.2, -0.15) is 13.2 Å². The molecule has 0 aliphatic carbocycles. The van der Waals surface area contributed by atoms with E-state index >= 15 is 0 Å². The molecular weight excluding hydrogens is 185 g/mol. The normalized spacial score (nSPS) is 11.4. The fourth-order valence-corrected chi connectivity index (χ4v) is 0.677. The van der Waals surface area contributed by atoms with Crippen molar-refractivity contribution in [3.8, 4) is 0 Å². The maximum absolute atomic E-state index is 11.6. The number of nitrogens with one attached hydrogen (secondary N) is 2. The van der Waals surface area contributed by atoms with Crippen LogP contribution in [0.4, 0.5) is 13.2 Å². The van der Waals surface area contributed by atoms with Crippen LogP contribution in [0.1, 0.15) is 26.2 Å². The summed E-state index contributed by atoms with van der Waals surface area (Å²) in [5.41, 5.74) is 3.77. The van der Waals surface area contributed by atoms with Gasteiger partial charge in [0.25, 0.3) is 0 Å². The maximum Gasteiger partial charge on any atom is 0.472 e. The van der Waals surface area contributed by atoms with E-state index in [0.29, 0.717) is 6.54 Å². The molecule has 0 spiro atoms. The summed E-state index contributed by atoms with van der Waals surface area (Å²) in [6, 6.07) is 0. The number of hydrogen-bond acceptors (Lipinski definition) is 2. The Morgan fingerprint density at radius 3 is 2.38 bits per heavy atom. The molecule has 0 unspecified atom stereocenters. The Morgan fingerprint density at radius 1 is 1.31 bits per heavy atom. The Hall–Kier alpha value is -0.780. The van der Waals surface area contributed by atoms with Gasteiger partial charge in [0.05, 0.1) is 0 Å². The molecule has 0 bridgehead atoms. The topological polar surface area (TPSA) is 41.1 Å². The van der Waals surface area contributed by atoms with Gasteiger partial charge in [0.15, 0.2) is 0 Å². The minimum Gasteiger partial charge on any atom is -0.284 e. The summed E-state index contributed by atoms with van der Waals surface area (Å²) >= 11 is 0. The second-order valence-corrected chi connectivity index (χ2v) is 2.59. The van der Waals surface area contributed by atoms with Gasteiger partial charge in [-0.15, -0.1) is 0 Å². The van der Waals surface area contributed by atoms with Crippen molar-refractivity contribution >= 4 is 5.91 Å². The number of unbranched alkanes of at least 4 members (excludes halogenated alkanes) is 2. The van der Waals surface area contributed by atoms with Crippen molar-refractivity contribution in [3.63, 3.8) is 0 Å². The number of rotatable bonds is 5. The molecule has 6 heteroatoms. The molecule has 13 heavy (non-hydrogen) atoms. The number of alkyl halides is 3. The van der Waals surface area contributed by atoms with Crippen molar-refractivity contribution in [1.29, 1.82) is 0 Å². The van der Waals surface area contributed by atoms with E-state index in [0.717, 1.165) is 19.3 Å². The van der Waals surface area contributed by atoms with Crippen molar-refractivity contribution in [1.82, 2.24) is 10.9 Å². The first kappa shape index (κ1) is 12.2. The lowest BCUT2D eigenvalue weighted by atomic mass is 10.2. The Bertz CT molecular complexity index is 158. The Morgan fingerprint density at radius 2 is 1.92 bits per heavy atom. The summed E-state index contributed by atoms with van der Waals surface area (Å²) in [5.74, 6) is -1.95. The van der Waals surface area contributed by atoms with Gasteiger partial charge in [-0.1, -0.05) is 19.8 Å². The second kappa shape index (κ2) is 5.80. The summed E-state index contributed by atoms with van der Waals surface area (Å²) in [4.78, 5) is 10.2. The zero-order valence-electron chi connectivity index (χ0n) is 7.37. The van der Waals surface area contributed by atoms with Crippen molar-refractivity contribution in [2.75, 3.05) is 6.54 Å². The first-order valence-corrected chi connectivity index (χ1v) is 4.08. The minimum absolute atomic E-state index is 0.357. The van der Waals surface area contributed by atoms with Crippen LogP contribution in [0.3, 0.4) is 0 Å². The minimum atomic E-state index is -4.81. The van der Waals surface area contributed by atoms with E-state index < -0.39 is 12.1 Å². The summed E-state index contributed by atoms with van der Waals surface area (Å²) in [5, 5.41) is 0. The number of amides is 1. The molecule has 78 valence electrons. The fourth-order valence-electron chi connectivity index (χ4n) is 0.677. The lowest BCUT2D eigenvalue weighted by Crippen LogP contribution is -2.45. The van der Waals surface area contributed by atoms with E-state index in [1.165, 1.54) is 0 Å². The molecule has 0 saturated carbocycles. The fraction of sp³-hybridized carbons (Fsp3) is 0.857. The van der Waals surface area contributed by atoms with Gasteiger partial charge in [0.2, 0.25) is 0 Å². The lowest BCUT2D eigenvalue weighted by Gasteiger charge is -2.08. The lowest BCUT2D eigenvalue weighted by molar-refractivity contribution is -0.174. The van der Waals surface area contributed by atoms with Gasteiger partial charge in [-0.05, 0) is 6.42 Å². The first-order valence-electron chi connectivity index (χ1n) is 4.08. The Kier molecular flexibility index (Phi) is 5.45.